The van der Waals surface area contributed by atoms with Crippen molar-refractivity contribution >= 4 is 32.3 Å². The molecular formula is C20H26N6O4S2. The normalized spacial score (nSPS) is 19.8. The van der Waals surface area contributed by atoms with Gasteiger partial charge in [-0.1, -0.05) is 19.4 Å². The Bertz CT molecular complexity index is 1180. The molecule has 0 aliphatic carbocycles. The second kappa shape index (κ2) is 9.24. The van der Waals surface area contributed by atoms with Crippen LogP contribution in [0.4, 0.5) is 10.9 Å². The summed E-state index contributed by atoms with van der Waals surface area (Å²) in [5.41, 5.74) is -0.843. The van der Waals surface area contributed by atoms with E-state index in [2.05, 4.69) is 27.2 Å². The van der Waals surface area contributed by atoms with Gasteiger partial charge in [0.1, 0.15) is 11.4 Å². The third kappa shape index (κ3) is 4.55. The van der Waals surface area contributed by atoms with Gasteiger partial charge in [0, 0.05) is 30.9 Å². The Morgan fingerprint density at radius 1 is 1.34 bits per heavy atom. The summed E-state index contributed by atoms with van der Waals surface area (Å²) in [4.78, 5) is 14.2. The van der Waals surface area contributed by atoms with Crippen LogP contribution in [-0.2, 0) is 33.8 Å². The third-order valence-electron chi connectivity index (χ3n) is 5.19. The van der Waals surface area contributed by atoms with Gasteiger partial charge in [0.25, 0.3) is 10.0 Å². The first-order chi connectivity index (χ1) is 15.4. The molecule has 1 saturated heterocycles. The molecule has 1 aliphatic heterocycles. The van der Waals surface area contributed by atoms with E-state index in [1.54, 1.807) is 41.2 Å². The van der Waals surface area contributed by atoms with Crippen molar-refractivity contribution in [1.82, 2.24) is 23.8 Å². The van der Waals surface area contributed by atoms with Gasteiger partial charge in [0.15, 0.2) is 10.2 Å². The van der Waals surface area contributed by atoms with Crippen LogP contribution in [0, 0.1) is 0 Å². The number of aryl methyl sites for hydroxylation is 2. The van der Waals surface area contributed by atoms with Crippen molar-refractivity contribution < 1.29 is 18.3 Å². The summed E-state index contributed by atoms with van der Waals surface area (Å²) in [6.45, 7) is 1.91. The minimum absolute atomic E-state index is 0.0382. The van der Waals surface area contributed by atoms with E-state index in [-0.39, 0.29) is 24.7 Å². The standard InChI is InChI=1S/C20H26N6O4S2/c1-3-5-15-10-21-19(31-15)24-17-7-4-6-16(23-17)20(13-27)12-26(8-9-30-20)32(28,29)18-11-25(2)14-22-18/h4,6-7,10-11,14,27H,3,5,8-9,12-13H2,1-2H3,(H,21,23,24)/t20-/m0/s1. The summed E-state index contributed by atoms with van der Waals surface area (Å²) in [5, 5.41) is 14.1. The van der Waals surface area contributed by atoms with Gasteiger partial charge in [-0.05, 0) is 18.6 Å². The number of aliphatic hydroxyl groups is 1. The lowest BCUT2D eigenvalue weighted by Crippen LogP contribution is -2.54. The largest absolute Gasteiger partial charge is 0.393 e. The molecular weight excluding hydrogens is 452 g/mol. The molecule has 3 aromatic heterocycles. The van der Waals surface area contributed by atoms with Gasteiger partial charge in [-0.25, -0.2) is 23.4 Å². The second-order valence-corrected chi connectivity index (χ2v) is 10.6. The number of imidazole rings is 1. The molecule has 0 spiro atoms. The van der Waals surface area contributed by atoms with Crippen LogP contribution in [0.25, 0.3) is 0 Å². The first-order valence-corrected chi connectivity index (χ1v) is 12.5. The topological polar surface area (TPSA) is 122 Å². The number of nitrogens with zero attached hydrogens (tertiary/aromatic N) is 5. The fourth-order valence-corrected chi connectivity index (χ4v) is 5.90. The lowest BCUT2D eigenvalue weighted by molar-refractivity contribution is -0.124. The van der Waals surface area contributed by atoms with Crippen molar-refractivity contribution in [2.75, 3.05) is 31.6 Å². The number of morpholine rings is 1. The van der Waals surface area contributed by atoms with Gasteiger partial charge in [-0.3, -0.25) is 0 Å². The Morgan fingerprint density at radius 2 is 2.19 bits per heavy atom. The maximum absolute atomic E-state index is 13.1. The fraction of sp³-hybridized carbons (Fsp3) is 0.450. The first kappa shape index (κ1) is 22.8. The monoisotopic (exact) mass is 478 g/mol. The predicted molar refractivity (Wildman–Crippen MR) is 120 cm³/mol. The molecule has 12 heteroatoms. The van der Waals surface area contributed by atoms with E-state index in [4.69, 9.17) is 4.74 Å². The molecule has 10 nitrogen and oxygen atoms in total. The molecule has 0 bridgehead atoms. The zero-order valence-corrected chi connectivity index (χ0v) is 19.6. The molecule has 172 valence electrons. The van der Waals surface area contributed by atoms with Gasteiger partial charge in [0.05, 0.1) is 31.8 Å². The van der Waals surface area contributed by atoms with E-state index in [1.807, 2.05) is 6.20 Å². The van der Waals surface area contributed by atoms with E-state index < -0.39 is 22.2 Å². The minimum atomic E-state index is -3.83. The van der Waals surface area contributed by atoms with Crippen molar-refractivity contribution in [1.29, 1.82) is 0 Å². The quantitative estimate of drug-likeness (QED) is 0.503. The van der Waals surface area contributed by atoms with E-state index in [1.165, 1.54) is 21.7 Å². The van der Waals surface area contributed by atoms with E-state index in [9.17, 15) is 13.5 Å². The highest BCUT2D eigenvalue weighted by molar-refractivity contribution is 7.89. The highest BCUT2D eigenvalue weighted by Gasteiger charge is 2.44. The van der Waals surface area contributed by atoms with E-state index >= 15 is 0 Å². The van der Waals surface area contributed by atoms with E-state index in [0.29, 0.717) is 11.5 Å². The lowest BCUT2D eigenvalue weighted by Gasteiger charge is -2.40. The summed E-state index contributed by atoms with van der Waals surface area (Å²) in [6, 6.07) is 5.31. The zero-order valence-electron chi connectivity index (χ0n) is 17.9. The summed E-state index contributed by atoms with van der Waals surface area (Å²) in [5.74, 6) is 0.543. The molecule has 32 heavy (non-hydrogen) atoms. The Morgan fingerprint density at radius 3 is 2.91 bits per heavy atom. The number of hydrogen-bond acceptors (Lipinski definition) is 9. The average Bonchev–Trinajstić information content (AvgIpc) is 3.43. The highest BCUT2D eigenvalue weighted by Crippen LogP contribution is 2.32. The molecule has 0 aromatic carbocycles. The summed E-state index contributed by atoms with van der Waals surface area (Å²) in [6.07, 6.45) is 6.75. The van der Waals surface area contributed by atoms with Crippen LogP contribution in [-0.4, -0.2) is 63.7 Å². The number of sulfonamides is 1. The number of ether oxygens (including phenoxy) is 1. The molecule has 1 fully saturated rings. The molecule has 0 amide bonds. The molecule has 1 aliphatic rings. The molecule has 1 atom stereocenters. The van der Waals surface area contributed by atoms with E-state index in [0.717, 1.165) is 18.0 Å². The summed E-state index contributed by atoms with van der Waals surface area (Å²) < 4.78 is 34.9. The number of hydrogen-bond donors (Lipinski definition) is 2. The van der Waals surface area contributed by atoms with Crippen LogP contribution >= 0.6 is 11.3 Å². The Kier molecular flexibility index (Phi) is 6.58. The Hall–Kier alpha value is -2.38. The van der Waals surface area contributed by atoms with Gasteiger partial charge < -0.3 is 19.7 Å². The number of pyridine rings is 1. The van der Waals surface area contributed by atoms with Crippen molar-refractivity contribution in [3.63, 3.8) is 0 Å². The maximum atomic E-state index is 13.1. The molecule has 3 aromatic rings. The number of aromatic nitrogens is 4. The highest BCUT2D eigenvalue weighted by atomic mass is 32.2. The smallest absolute Gasteiger partial charge is 0.262 e. The third-order valence-corrected chi connectivity index (χ3v) is 7.90. The van der Waals surface area contributed by atoms with Crippen LogP contribution in [0.1, 0.15) is 23.9 Å². The lowest BCUT2D eigenvalue weighted by atomic mass is 9.98. The number of thiazole rings is 1. The molecule has 0 saturated carbocycles. The molecule has 0 unspecified atom stereocenters. The Balaban J connectivity index is 1.58. The minimum Gasteiger partial charge on any atom is -0.393 e. The first-order valence-electron chi connectivity index (χ1n) is 10.3. The Labute approximate surface area is 191 Å². The number of anilines is 2. The predicted octanol–water partition coefficient (Wildman–Crippen LogP) is 1.88. The van der Waals surface area contributed by atoms with Crippen LogP contribution < -0.4 is 5.32 Å². The van der Waals surface area contributed by atoms with Crippen LogP contribution in [0.15, 0.2) is 41.9 Å². The van der Waals surface area contributed by atoms with Crippen molar-refractivity contribution in [2.24, 2.45) is 7.05 Å². The van der Waals surface area contributed by atoms with Crippen molar-refractivity contribution in [2.45, 2.75) is 30.4 Å². The second-order valence-electron chi connectivity index (χ2n) is 7.63. The fourth-order valence-electron chi connectivity index (χ4n) is 3.54. The van der Waals surface area contributed by atoms with Gasteiger partial charge in [-0.15, -0.1) is 11.3 Å². The zero-order chi connectivity index (χ0) is 22.8. The van der Waals surface area contributed by atoms with Crippen LogP contribution in [0.3, 0.4) is 0 Å². The van der Waals surface area contributed by atoms with Gasteiger partial charge >= 0.3 is 0 Å². The van der Waals surface area contributed by atoms with Gasteiger partial charge in [0.2, 0.25) is 0 Å². The van der Waals surface area contributed by atoms with Crippen molar-refractivity contribution in [3.8, 4) is 0 Å². The number of aliphatic hydroxyl groups excluding tert-OH is 1. The molecule has 0 radical (unpaired) electrons. The number of nitrogens with one attached hydrogen (secondary N) is 1. The summed E-state index contributed by atoms with van der Waals surface area (Å²) in [7, 11) is -2.13. The van der Waals surface area contributed by atoms with Crippen LogP contribution in [0.2, 0.25) is 0 Å². The SMILES string of the molecule is CCCc1cnc(Nc2cccc([C@@]3(CO)CN(S(=O)(=O)c4cn(C)cn4)CCO3)n2)s1. The van der Waals surface area contributed by atoms with Gasteiger partial charge in [-0.2, -0.15) is 4.31 Å². The molecule has 4 heterocycles. The average molecular weight is 479 g/mol. The van der Waals surface area contributed by atoms with Crippen LogP contribution in [0.5, 0.6) is 0 Å². The number of rotatable bonds is 8. The summed E-state index contributed by atoms with van der Waals surface area (Å²) >= 11 is 1.56. The molecule has 2 N–H and O–H groups in total. The maximum Gasteiger partial charge on any atom is 0.262 e. The molecule has 4 rings (SSSR count). The van der Waals surface area contributed by atoms with Crippen molar-refractivity contribution in [3.05, 3.63) is 47.5 Å².